The average molecular weight is 287 g/mol. The third kappa shape index (κ3) is 2.61. The minimum atomic E-state index is -1.06. The van der Waals surface area contributed by atoms with E-state index >= 15 is 0 Å². The molecule has 1 aromatic rings. The van der Waals surface area contributed by atoms with Gasteiger partial charge in [-0.2, -0.15) is 0 Å². The molecule has 2 atom stereocenters. The number of nitro groups is 1. The van der Waals surface area contributed by atoms with Crippen molar-refractivity contribution in [3.8, 4) is 0 Å². The molecular formula is C11H11ClN2O5. The van der Waals surface area contributed by atoms with E-state index in [9.17, 15) is 20.0 Å². The van der Waals surface area contributed by atoms with Crippen LogP contribution in [0.2, 0.25) is 5.02 Å². The first-order valence-corrected chi connectivity index (χ1v) is 5.89. The summed E-state index contributed by atoms with van der Waals surface area (Å²) in [5.41, 5.74) is 0.205. The number of nitrogens with zero attached hydrogens (tertiary/aromatic N) is 2. The van der Waals surface area contributed by atoms with Crippen LogP contribution >= 0.6 is 11.6 Å². The largest absolute Gasteiger partial charge is 0.480 e. The van der Waals surface area contributed by atoms with Crippen molar-refractivity contribution in [3.63, 3.8) is 0 Å². The van der Waals surface area contributed by atoms with Crippen LogP contribution in [-0.2, 0) is 4.79 Å². The van der Waals surface area contributed by atoms with Gasteiger partial charge < -0.3 is 15.1 Å². The lowest BCUT2D eigenvalue weighted by Crippen LogP contribution is -2.36. The minimum Gasteiger partial charge on any atom is -0.480 e. The number of aliphatic hydroxyl groups excluding tert-OH is 1. The molecule has 1 aliphatic rings. The zero-order valence-corrected chi connectivity index (χ0v) is 10.4. The summed E-state index contributed by atoms with van der Waals surface area (Å²) in [5, 5.41) is 29.4. The van der Waals surface area contributed by atoms with Gasteiger partial charge in [0.15, 0.2) is 0 Å². The van der Waals surface area contributed by atoms with Crippen LogP contribution in [-0.4, -0.2) is 39.8 Å². The first-order chi connectivity index (χ1) is 8.90. The summed E-state index contributed by atoms with van der Waals surface area (Å²) < 4.78 is 0. The highest BCUT2D eigenvalue weighted by molar-refractivity contribution is 6.33. The molecule has 0 saturated carbocycles. The molecule has 0 spiro atoms. The van der Waals surface area contributed by atoms with Gasteiger partial charge in [-0.3, -0.25) is 10.1 Å². The monoisotopic (exact) mass is 286 g/mol. The van der Waals surface area contributed by atoms with Crippen molar-refractivity contribution >= 4 is 28.9 Å². The Morgan fingerprint density at radius 3 is 2.74 bits per heavy atom. The van der Waals surface area contributed by atoms with Gasteiger partial charge in [-0.1, -0.05) is 11.6 Å². The lowest BCUT2D eigenvalue weighted by molar-refractivity contribution is -0.384. The molecule has 2 unspecified atom stereocenters. The Balaban J connectivity index is 2.36. The van der Waals surface area contributed by atoms with Crippen LogP contribution in [0, 0.1) is 10.1 Å². The fourth-order valence-corrected chi connectivity index (χ4v) is 2.44. The van der Waals surface area contributed by atoms with Crippen molar-refractivity contribution in [1.29, 1.82) is 0 Å². The molecular weight excluding hydrogens is 276 g/mol. The third-order valence-electron chi connectivity index (χ3n) is 3.02. The van der Waals surface area contributed by atoms with Crippen molar-refractivity contribution in [3.05, 3.63) is 33.3 Å². The number of hydrogen-bond donors (Lipinski definition) is 2. The summed E-state index contributed by atoms with van der Waals surface area (Å²) >= 11 is 5.95. The number of carbonyl (C=O) groups is 1. The van der Waals surface area contributed by atoms with Gasteiger partial charge in [-0.15, -0.1) is 0 Å². The summed E-state index contributed by atoms with van der Waals surface area (Å²) in [6.45, 7) is 0.133. The normalized spacial score (nSPS) is 22.5. The Morgan fingerprint density at radius 2 is 2.21 bits per heavy atom. The molecule has 7 nitrogen and oxygen atoms in total. The molecule has 2 rings (SSSR count). The lowest BCUT2D eigenvalue weighted by atomic mass is 10.2. The molecule has 0 aliphatic carbocycles. The summed E-state index contributed by atoms with van der Waals surface area (Å²) in [5.74, 6) is -1.06. The highest BCUT2D eigenvalue weighted by atomic mass is 35.5. The number of rotatable bonds is 3. The van der Waals surface area contributed by atoms with E-state index in [2.05, 4.69) is 0 Å². The van der Waals surface area contributed by atoms with Gasteiger partial charge in [0, 0.05) is 25.1 Å². The van der Waals surface area contributed by atoms with Crippen LogP contribution in [0.3, 0.4) is 0 Å². The molecule has 102 valence electrons. The second-order valence-corrected chi connectivity index (χ2v) is 4.70. The van der Waals surface area contributed by atoms with Crippen LogP contribution in [0.25, 0.3) is 0 Å². The predicted octanol–water partition coefficient (Wildman–Crippen LogP) is 1.27. The van der Waals surface area contributed by atoms with Crippen LogP contribution in [0.15, 0.2) is 18.2 Å². The van der Waals surface area contributed by atoms with Gasteiger partial charge in [0.05, 0.1) is 21.7 Å². The Morgan fingerprint density at radius 1 is 1.53 bits per heavy atom. The number of non-ortho nitro benzene ring substituents is 1. The first-order valence-electron chi connectivity index (χ1n) is 5.51. The van der Waals surface area contributed by atoms with Crippen LogP contribution < -0.4 is 4.90 Å². The molecule has 1 heterocycles. The third-order valence-corrected chi connectivity index (χ3v) is 3.32. The molecule has 19 heavy (non-hydrogen) atoms. The van der Waals surface area contributed by atoms with Crippen LogP contribution in [0.5, 0.6) is 0 Å². The topological polar surface area (TPSA) is 104 Å². The van der Waals surface area contributed by atoms with E-state index in [0.717, 1.165) is 0 Å². The van der Waals surface area contributed by atoms with Gasteiger partial charge in [0.25, 0.3) is 5.69 Å². The van der Waals surface area contributed by atoms with Gasteiger partial charge in [0.2, 0.25) is 0 Å². The second-order valence-electron chi connectivity index (χ2n) is 4.29. The summed E-state index contributed by atoms with van der Waals surface area (Å²) in [6.07, 6.45) is -0.657. The molecule has 0 radical (unpaired) electrons. The maximum Gasteiger partial charge on any atom is 0.326 e. The number of aliphatic carboxylic acids is 1. The highest BCUT2D eigenvalue weighted by Crippen LogP contribution is 2.34. The summed E-state index contributed by atoms with van der Waals surface area (Å²) in [4.78, 5) is 22.6. The van der Waals surface area contributed by atoms with E-state index in [4.69, 9.17) is 16.7 Å². The average Bonchev–Trinajstić information content (AvgIpc) is 2.71. The van der Waals surface area contributed by atoms with Crippen molar-refractivity contribution in [1.82, 2.24) is 0 Å². The molecule has 2 N–H and O–H groups in total. The smallest absolute Gasteiger partial charge is 0.326 e. The Kier molecular flexibility index (Phi) is 3.59. The first kappa shape index (κ1) is 13.6. The van der Waals surface area contributed by atoms with Crippen molar-refractivity contribution < 1.29 is 19.9 Å². The number of carboxylic acids is 1. The van der Waals surface area contributed by atoms with E-state index in [1.807, 2.05) is 0 Å². The van der Waals surface area contributed by atoms with E-state index in [-0.39, 0.29) is 23.7 Å². The maximum atomic E-state index is 11.1. The maximum absolute atomic E-state index is 11.1. The summed E-state index contributed by atoms with van der Waals surface area (Å²) in [7, 11) is 0. The molecule has 1 saturated heterocycles. The zero-order valence-electron chi connectivity index (χ0n) is 9.69. The quantitative estimate of drug-likeness (QED) is 0.640. The van der Waals surface area contributed by atoms with E-state index < -0.39 is 23.0 Å². The fourth-order valence-electron chi connectivity index (χ4n) is 2.16. The number of benzene rings is 1. The molecule has 0 amide bonds. The number of carboxylic acid groups (broad SMARTS) is 1. The lowest BCUT2D eigenvalue weighted by Gasteiger charge is -2.24. The van der Waals surface area contributed by atoms with Crippen molar-refractivity contribution in [2.24, 2.45) is 0 Å². The van der Waals surface area contributed by atoms with Crippen molar-refractivity contribution in [2.75, 3.05) is 11.4 Å². The molecule has 1 aromatic carbocycles. The van der Waals surface area contributed by atoms with Gasteiger partial charge in [0.1, 0.15) is 6.04 Å². The number of aliphatic hydroxyl groups is 1. The van der Waals surface area contributed by atoms with Crippen LogP contribution in [0.4, 0.5) is 11.4 Å². The van der Waals surface area contributed by atoms with Gasteiger partial charge in [-0.25, -0.2) is 4.79 Å². The highest BCUT2D eigenvalue weighted by Gasteiger charge is 2.37. The molecule has 8 heteroatoms. The molecule has 1 fully saturated rings. The Labute approximate surface area is 113 Å². The van der Waals surface area contributed by atoms with E-state index in [1.165, 1.54) is 23.1 Å². The van der Waals surface area contributed by atoms with Gasteiger partial charge >= 0.3 is 5.97 Å². The standard InChI is InChI=1S/C11H11ClN2O5/c12-8-3-6(14(18)19)1-2-9(8)13-5-7(15)4-10(13)11(16)17/h1-3,7,10,15H,4-5H2,(H,16,17). The van der Waals surface area contributed by atoms with E-state index in [1.54, 1.807) is 0 Å². The minimum absolute atomic E-state index is 0.0922. The SMILES string of the molecule is O=C(O)C1CC(O)CN1c1ccc([N+](=O)[O-])cc1Cl. The zero-order chi connectivity index (χ0) is 14.2. The molecule has 1 aliphatic heterocycles. The fraction of sp³-hybridized carbons (Fsp3) is 0.364. The number of anilines is 1. The predicted molar refractivity (Wildman–Crippen MR) is 67.5 cm³/mol. The number of β-amino-alcohol motifs (C(OH)–C–C–N with tert-alkyl or cyclic N) is 1. The second kappa shape index (κ2) is 5.02. The molecule has 0 aromatic heterocycles. The van der Waals surface area contributed by atoms with Crippen molar-refractivity contribution in [2.45, 2.75) is 18.6 Å². The number of halogens is 1. The Hall–Kier alpha value is -1.86. The number of nitro benzene ring substituents is 1. The van der Waals surface area contributed by atoms with E-state index in [0.29, 0.717) is 5.69 Å². The number of hydrogen-bond acceptors (Lipinski definition) is 5. The summed E-state index contributed by atoms with van der Waals surface area (Å²) in [6, 6.07) is 2.94. The Bertz CT molecular complexity index is 536. The molecule has 0 bridgehead atoms. The van der Waals surface area contributed by atoms with Gasteiger partial charge in [-0.05, 0) is 6.07 Å². The van der Waals surface area contributed by atoms with Crippen LogP contribution in [0.1, 0.15) is 6.42 Å².